The van der Waals surface area contributed by atoms with Gasteiger partial charge in [-0.15, -0.1) is 0 Å². The normalized spacial score (nSPS) is 15.4. The topological polar surface area (TPSA) is 66.6 Å². The Kier molecular flexibility index (Phi) is 5.41. The zero-order chi connectivity index (χ0) is 14.4. The minimum absolute atomic E-state index is 0.149. The molecule has 1 aromatic carbocycles. The van der Waals surface area contributed by atoms with Crippen LogP contribution < -0.4 is 5.73 Å². The lowest BCUT2D eigenvalue weighted by Crippen LogP contribution is -2.41. The molecular weight excluding hydrogens is 252 g/mol. The summed E-state index contributed by atoms with van der Waals surface area (Å²) in [6, 6.07) is 7.32. The standard InChI is InChI=1S/C16H24N2O2/c17-9-4-10-18(14-6-1-2-7-14)16(20)12-13-5-3-8-15(19)11-13/h3,5,8,11,14,19H,1-2,4,6-7,9-10,12,17H2. The molecule has 0 atom stereocenters. The largest absolute Gasteiger partial charge is 0.508 e. The number of hydrogen-bond acceptors (Lipinski definition) is 3. The first kappa shape index (κ1) is 14.9. The number of hydrogen-bond donors (Lipinski definition) is 2. The van der Waals surface area contributed by atoms with Crippen molar-refractivity contribution in [2.45, 2.75) is 44.6 Å². The van der Waals surface area contributed by atoms with Crippen LogP contribution >= 0.6 is 0 Å². The van der Waals surface area contributed by atoms with Gasteiger partial charge in [-0.1, -0.05) is 25.0 Å². The Morgan fingerprint density at radius 1 is 1.35 bits per heavy atom. The van der Waals surface area contributed by atoms with Crippen molar-refractivity contribution in [3.05, 3.63) is 29.8 Å². The Hall–Kier alpha value is -1.55. The summed E-state index contributed by atoms with van der Waals surface area (Å²) in [7, 11) is 0. The van der Waals surface area contributed by atoms with E-state index < -0.39 is 0 Å². The highest BCUT2D eigenvalue weighted by atomic mass is 16.3. The summed E-state index contributed by atoms with van der Waals surface area (Å²) in [4.78, 5) is 14.5. The van der Waals surface area contributed by atoms with Crippen LogP contribution in [0.5, 0.6) is 5.75 Å². The third kappa shape index (κ3) is 3.97. The van der Waals surface area contributed by atoms with Crippen LogP contribution in [0.2, 0.25) is 0 Å². The number of phenolic OH excluding ortho intramolecular Hbond substituents is 1. The fourth-order valence-corrected chi connectivity index (χ4v) is 2.93. The second-order valence-electron chi connectivity index (χ2n) is 5.51. The monoisotopic (exact) mass is 276 g/mol. The quantitative estimate of drug-likeness (QED) is 0.835. The Labute approximate surface area is 120 Å². The van der Waals surface area contributed by atoms with Gasteiger partial charge in [0, 0.05) is 12.6 Å². The zero-order valence-electron chi connectivity index (χ0n) is 11.9. The van der Waals surface area contributed by atoms with E-state index in [9.17, 15) is 9.90 Å². The molecule has 1 amide bonds. The number of nitrogens with zero attached hydrogens (tertiary/aromatic N) is 1. The van der Waals surface area contributed by atoms with E-state index in [0.717, 1.165) is 31.4 Å². The van der Waals surface area contributed by atoms with E-state index in [-0.39, 0.29) is 11.7 Å². The van der Waals surface area contributed by atoms with E-state index in [4.69, 9.17) is 5.73 Å². The van der Waals surface area contributed by atoms with Gasteiger partial charge in [0.2, 0.25) is 5.91 Å². The number of rotatable bonds is 6. The molecule has 0 aromatic heterocycles. The Morgan fingerprint density at radius 3 is 2.75 bits per heavy atom. The molecule has 1 saturated carbocycles. The predicted octanol–water partition coefficient (Wildman–Crippen LogP) is 2.05. The molecule has 3 N–H and O–H groups in total. The molecule has 0 aliphatic heterocycles. The highest BCUT2D eigenvalue weighted by Gasteiger charge is 2.26. The Balaban J connectivity index is 2.01. The van der Waals surface area contributed by atoms with E-state index in [1.807, 2.05) is 11.0 Å². The van der Waals surface area contributed by atoms with Crippen LogP contribution in [0.1, 0.15) is 37.7 Å². The minimum Gasteiger partial charge on any atom is -0.508 e. The molecule has 20 heavy (non-hydrogen) atoms. The number of carbonyl (C=O) groups excluding carboxylic acids is 1. The lowest BCUT2D eigenvalue weighted by atomic mass is 10.1. The van der Waals surface area contributed by atoms with Crippen molar-refractivity contribution in [3.8, 4) is 5.75 Å². The van der Waals surface area contributed by atoms with Gasteiger partial charge < -0.3 is 15.7 Å². The number of phenols is 1. The van der Waals surface area contributed by atoms with Crippen LogP contribution in [0.4, 0.5) is 0 Å². The molecular formula is C16H24N2O2. The molecule has 4 heteroatoms. The summed E-state index contributed by atoms with van der Waals surface area (Å²) < 4.78 is 0. The molecule has 0 radical (unpaired) electrons. The maximum Gasteiger partial charge on any atom is 0.227 e. The molecule has 1 fully saturated rings. The summed E-state index contributed by atoms with van der Waals surface area (Å²) in [6.45, 7) is 1.36. The van der Waals surface area contributed by atoms with Crippen LogP contribution in [-0.4, -0.2) is 35.0 Å². The summed E-state index contributed by atoms with van der Waals surface area (Å²) in [5.74, 6) is 0.362. The van der Waals surface area contributed by atoms with Crippen LogP contribution in [-0.2, 0) is 11.2 Å². The summed E-state index contributed by atoms with van der Waals surface area (Å²) in [5.41, 5.74) is 6.44. The zero-order valence-corrected chi connectivity index (χ0v) is 11.9. The Morgan fingerprint density at radius 2 is 2.10 bits per heavy atom. The maximum absolute atomic E-state index is 12.5. The van der Waals surface area contributed by atoms with Crippen LogP contribution in [0.3, 0.4) is 0 Å². The van der Waals surface area contributed by atoms with Crippen molar-refractivity contribution in [1.82, 2.24) is 4.90 Å². The van der Waals surface area contributed by atoms with Gasteiger partial charge in [-0.25, -0.2) is 0 Å². The maximum atomic E-state index is 12.5. The van der Waals surface area contributed by atoms with E-state index in [1.165, 1.54) is 12.8 Å². The number of carbonyl (C=O) groups is 1. The third-order valence-corrected chi connectivity index (χ3v) is 3.95. The van der Waals surface area contributed by atoms with Crippen LogP contribution in [0.15, 0.2) is 24.3 Å². The van der Waals surface area contributed by atoms with E-state index >= 15 is 0 Å². The molecule has 1 aromatic rings. The van der Waals surface area contributed by atoms with Crippen molar-refractivity contribution in [2.24, 2.45) is 5.73 Å². The molecule has 0 spiro atoms. The van der Waals surface area contributed by atoms with Gasteiger partial charge in [0.15, 0.2) is 0 Å². The fraction of sp³-hybridized carbons (Fsp3) is 0.562. The molecule has 0 unspecified atom stereocenters. The molecule has 0 bridgehead atoms. The van der Waals surface area contributed by atoms with Gasteiger partial charge in [0.1, 0.15) is 5.75 Å². The van der Waals surface area contributed by atoms with Gasteiger partial charge in [0.05, 0.1) is 6.42 Å². The molecule has 2 rings (SSSR count). The molecule has 1 aliphatic carbocycles. The van der Waals surface area contributed by atoms with Gasteiger partial charge in [-0.3, -0.25) is 4.79 Å². The first-order chi connectivity index (χ1) is 9.70. The predicted molar refractivity (Wildman–Crippen MR) is 79.5 cm³/mol. The van der Waals surface area contributed by atoms with Crippen molar-refractivity contribution in [2.75, 3.05) is 13.1 Å². The van der Waals surface area contributed by atoms with Gasteiger partial charge in [-0.2, -0.15) is 0 Å². The van der Waals surface area contributed by atoms with Gasteiger partial charge in [0.25, 0.3) is 0 Å². The summed E-state index contributed by atoms with van der Waals surface area (Å²) in [5, 5.41) is 9.48. The number of benzene rings is 1. The number of amides is 1. The lowest BCUT2D eigenvalue weighted by Gasteiger charge is -2.29. The summed E-state index contributed by atoms with van der Waals surface area (Å²) in [6.07, 6.45) is 5.84. The highest BCUT2D eigenvalue weighted by Crippen LogP contribution is 2.24. The van der Waals surface area contributed by atoms with Crippen molar-refractivity contribution >= 4 is 5.91 Å². The van der Waals surface area contributed by atoms with Crippen molar-refractivity contribution < 1.29 is 9.90 Å². The van der Waals surface area contributed by atoms with Crippen molar-refractivity contribution in [3.63, 3.8) is 0 Å². The fourth-order valence-electron chi connectivity index (χ4n) is 2.93. The van der Waals surface area contributed by atoms with Crippen LogP contribution in [0.25, 0.3) is 0 Å². The summed E-state index contributed by atoms with van der Waals surface area (Å²) >= 11 is 0. The van der Waals surface area contributed by atoms with E-state index in [1.54, 1.807) is 18.2 Å². The molecule has 0 saturated heterocycles. The van der Waals surface area contributed by atoms with Gasteiger partial charge in [-0.05, 0) is 43.5 Å². The number of nitrogens with two attached hydrogens (primary N) is 1. The minimum atomic E-state index is 0.149. The smallest absolute Gasteiger partial charge is 0.227 e. The molecule has 1 aliphatic rings. The number of aromatic hydroxyl groups is 1. The first-order valence-corrected chi connectivity index (χ1v) is 7.48. The van der Waals surface area contributed by atoms with E-state index in [2.05, 4.69) is 0 Å². The molecule has 0 heterocycles. The average Bonchev–Trinajstić information content (AvgIpc) is 2.93. The first-order valence-electron chi connectivity index (χ1n) is 7.48. The second-order valence-corrected chi connectivity index (χ2v) is 5.51. The van der Waals surface area contributed by atoms with E-state index in [0.29, 0.717) is 19.0 Å². The SMILES string of the molecule is NCCCN(C(=O)Cc1cccc(O)c1)C1CCCC1. The average molecular weight is 276 g/mol. The lowest BCUT2D eigenvalue weighted by molar-refractivity contribution is -0.132. The Bertz CT molecular complexity index is 442. The second kappa shape index (κ2) is 7.29. The molecule has 110 valence electrons. The molecule has 4 nitrogen and oxygen atoms in total. The van der Waals surface area contributed by atoms with Crippen molar-refractivity contribution in [1.29, 1.82) is 0 Å². The van der Waals surface area contributed by atoms with Gasteiger partial charge >= 0.3 is 0 Å². The third-order valence-electron chi connectivity index (χ3n) is 3.95. The highest BCUT2D eigenvalue weighted by molar-refractivity contribution is 5.79. The van der Waals surface area contributed by atoms with Crippen LogP contribution in [0, 0.1) is 0 Å².